The summed E-state index contributed by atoms with van der Waals surface area (Å²) in [7, 11) is 0. The minimum absolute atomic E-state index is 0.300. The Kier molecular flexibility index (Phi) is 3.99. The molecule has 0 bridgehead atoms. The molecule has 0 amide bonds. The zero-order valence-electron chi connectivity index (χ0n) is 12.9. The smallest absolute Gasteiger partial charge is 0.154 e. The monoisotopic (exact) mass is 350 g/mol. The predicted octanol–water partition coefficient (Wildman–Crippen LogP) is 4.31. The lowest BCUT2D eigenvalue weighted by Gasteiger charge is -2.07. The molecule has 0 radical (unpaired) electrons. The molecule has 122 valence electrons. The van der Waals surface area contributed by atoms with Gasteiger partial charge in [-0.15, -0.1) is 0 Å². The summed E-state index contributed by atoms with van der Waals surface area (Å²) in [4.78, 5) is 8.69. The van der Waals surface area contributed by atoms with Crippen molar-refractivity contribution in [1.82, 2.24) is 10.4 Å². The lowest BCUT2D eigenvalue weighted by molar-refractivity contribution is 0.627. The fraction of sp³-hybridized carbons (Fsp3) is 0. The van der Waals surface area contributed by atoms with Gasteiger partial charge in [-0.1, -0.05) is 11.6 Å². The number of hydrogen-bond donors (Lipinski definition) is 1. The average Bonchev–Trinajstić information content (AvgIpc) is 2.82. The number of benzene rings is 2. The van der Waals surface area contributed by atoms with Crippen LogP contribution in [0.4, 0.5) is 10.1 Å². The van der Waals surface area contributed by atoms with Gasteiger partial charge in [0, 0.05) is 34.1 Å². The number of hydrogen-bond acceptors (Lipinski definition) is 4. The number of amidine groups is 1. The molecule has 0 atom stereocenters. The van der Waals surface area contributed by atoms with Gasteiger partial charge in [0.15, 0.2) is 5.84 Å². The highest BCUT2D eigenvalue weighted by Crippen LogP contribution is 2.28. The molecule has 0 aliphatic carbocycles. The molecule has 1 N–H and O–H groups in total. The van der Waals surface area contributed by atoms with Crippen LogP contribution in [0.1, 0.15) is 16.7 Å². The zero-order chi connectivity index (χ0) is 17.2. The van der Waals surface area contributed by atoms with E-state index in [4.69, 9.17) is 11.6 Å². The highest BCUT2D eigenvalue weighted by Gasteiger charge is 2.17. The molecular weight excluding hydrogens is 339 g/mol. The van der Waals surface area contributed by atoms with Crippen molar-refractivity contribution in [2.24, 2.45) is 10.1 Å². The first-order valence-corrected chi connectivity index (χ1v) is 7.97. The Morgan fingerprint density at radius 2 is 1.64 bits per heavy atom. The number of halogens is 2. The Hall–Kier alpha value is -3.05. The molecule has 4 rings (SSSR count). The normalized spacial score (nSPS) is 13.2. The van der Waals surface area contributed by atoms with Crippen LogP contribution in [0.25, 0.3) is 0 Å². The van der Waals surface area contributed by atoms with Crippen molar-refractivity contribution in [3.05, 3.63) is 94.5 Å². The van der Waals surface area contributed by atoms with Crippen LogP contribution in [0, 0.1) is 5.82 Å². The van der Waals surface area contributed by atoms with Gasteiger partial charge in [0.1, 0.15) is 11.5 Å². The van der Waals surface area contributed by atoms with Crippen LogP contribution >= 0.6 is 11.6 Å². The number of pyridine rings is 1. The second-order valence-electron chi connectivity index (χ2n) is 5.44. The number of nitrogens with zero attached hydrogens (tertiary/aromatic N) is 3. The number of fused-ring (bicyclic) bond motifs is 1. The van der Waals surface area contributed by atoms with Crippen LogP contribution in [0.3, 0.4) is 0 Å². The molecule has 0 saturated heterocycles. The first kappa shape index (κ1) is 15.5. The van der Waals surface area contributed by atoms with Crippen LogP contribution in [-0.4, -0.2) is 16.5 Å². The quantitative estimate of drug-likeness (QED) is 0.748. The summed E-state index contributed by atoms with van der Waals surface area (Å²) in [6.45, 7) is 0. The average molecular weight is 351 g/mol. The summed E-state index contributed by atoms with van der Waals surface area (Å²) in [5.74, 6) is 0.235. The minimum atomic E-state index is -0.300. The van der Waals surface area contributed by atoms with Gasteiger partial charge in [-0.05, 0) is 54.6 Å². The van der Waals surface area contributed by atoms with E-state index < -0.39 is 0 Å². The Bertz CT molecular complexity index is 982. The molecule has 6 heteroatoms. The topological polar surface area (TPSA) is 49.6 Å². The SMILES string of the molecule is Fc1ccc(C2=Nc3ccc(Cl)cc3C(c3ccncc3)=NN2)cc1. The third kappa shape index (κ3) is 3.14. The van der Waals surface area contributed by atoms with Crippen molar-refractivity contribution >= 4 is 28.8 Å². The van der Waals surface area contributed by atoms with E-state index in [1.807, 2.05) is 24.3 Å². The van der Waals surface area contributed by atoms with Crippen molar-refractivity contribution in [3.63, 3.8) is 0 Å². The summed E-state index contributed by atoms with van der Waals surface area (Å²) < 4.78 is 13.2. The molecule has 0 saturated carbocycles. The lowest BCUT2D eigenvalue weighted by atomic mass is 10.0. The lowest BCUT2D eigenvalue weighted by Crippen LogP contribution is -2.19. The van der Waals surface area contributed by atoms with Crippen LogP contribution in [-0.2, 0) is 0 Å². The molecule has 0 spiro atoms. The Morgan fingerprint density at radius 3 is 2.40 bits per heavy atom. The van der Waals surface area contributed by atoms with E-state index in [-0.39, 0.29) is 5.82 Å². The van der Waals surface area contributed by atoms with Gasteiger partial charge >= 0.3 is 0 Å². The van der Waals surface area contributed by atoms with Gasteiger partial charge in [-0.25, -0.2) is 9.38 Å². The molecule has 25 heavy (non-hydrogen) atoms. The van der Waals surface area contributed by atoms with Gasteiger partial charge in [-0.3, -0.25) is 10.4 Å². The number of hydrazone groups is 1. The summed E-state index contributed by atoms with van der Waals surface area (Å²) in [5, 5.41) is 5.11. The fourth-order valence-corrected chi connectivity index (χ4v) is 2.75. The van der Waals surface area contributed by atoms with Gasteiger partial charge < -0.3 is 0 Å². The maximum atomic E-state index is 13.2. The number of aromatic nitrogens is 1. The van der Waals surface area contributed by atoms with E-state index in [1.54, 1.807) is 30.6 Å². The highest BCUT2D eigenvalue weighted by atomic mass is 35.5. The van der Waals surface area contributed by atoms with E-state index in [2.05, 4.69) is 20.5 Å². The van der Waals surface area contributed by atoms with Gasteiger partial charge in [0.05, 0.1) is 5.69 Å². The van der Waals surface area contributed by atoms with Crippen LogP contribution < -0.4 is 5.43 Å². The summed E-state index contributed by atoms with van der Waals surface area (Å²) in [6, 6.07) is 15.3. The van der Waals surface area contributed by atoms with Gasteiger partial charge in [0.25, 0.3) is 0 Å². The van der Waals surface area contributed by atoms with Crippen molar-refractivity contribution in [3.8, 4) is 0 Å². The second-order valence-corrected chi connectivity index (χ2v) is 5.87. The Balaban J connectivity index is 1.87. The predicted molar refractivity (Wildman–Crippen MR) is 97.1 cm³/mol. The van der Waals surface area contributed by atoms with Gasteiger partial charge in [0.2, 0.25) is 0 Å². The molecule has 1 aliphatic heterocycles. The van der Waals surface area contributed by atoms with E-state index in [9.17, 15) is 4.39 Å². The maximum absolute atomic E-state index is 13.2. The molecule has 0 fully saturated rings. The van der Waals surface area contributed by atoms with E-state index >= 15 is 0 Å². The molecule has 1 aliphatic rings. The molecule has 0 unspecified atom stereocenters. The largest absolute Gasteiger partial charge is 0.265 e. The maximum Gasteiger partial charge on any atom is 0.154 e. The highest BCUT2D eigenvalue weighted by molar-refractivity contribution is 6.31. The standard InChI is InChI=1S/C19H12ClFN4/c20-14-3-6-17-16(11-14)18(12-7-9-22-10-8-12)24-25-19(23-17)13-1-4-15(21)5-2-13/h1-11H,(H,23,25). The number of nitrogens with one attached hydrogen (secondary N) is 1. The Labute approximate surface area is 148 Å². The molecular formula is C19H12ClFN4. The second kappa shape index (κ2) is 6.45. The summed E-state index contributed by atoms with van der Waals surface area (Å²) in [6.07, 6.45) is 3.41. The first-order chi connectivity index (χ1) is 12.2. The summed E-state index contributed by atoms with van der Waals surface area (Å²) in [5.41, 5.74) is 6.86. The van der Waals surface area contributed by atoms with E-state index in [1.165, 1.54) is 12.1 Å². The van der Waals surface area contributed by atoms with E-state index in [0.717, 1.165) is 22.4 Å². The van der Waals surface area contributed by atoms with Crippen LogP contribution in [0.5, 0.6) is 0 Å². The number of aliphatic imine (C=N–C) groups is 1. The summed E-state index contributed by atoms with van der Waals surface area (Å²) >= 11 is 6.18. The third-order valence-electron chi connectivity index (χ3n) is 3.79. The van der Waals surface area contributed by atoms with Gasteiger partial charge in [-0.2, -0.15) is 5.10 Å². The van der Waals surface area contributed by atoms with Crippen molar-refractivity contribution in [1.29, 1.82) is 0 Å². The molecule has 4 nitrogen and oxygen atoms in total. The molecule has 1 aromatic heterocycles. The number of rotatable bonds is 2. The first-order valence-electron chi connectivity index (χ1n) is 7.59. The fourth-order valence-electron chi connectivity index (χ4n) is 2.58. The Morgan fingerprint density at radius 1 is 0.880 bits per heavy atom. The van der Waals surface area contributed by atoms with E-state index in [0.29, 0.717) is 16.6 Å². The third-order valence-corrected chi connectivity index (χ3v) is 4.03. The zero-order valence-corrected chi connectivity index (χ0v) is 13.7. The van der Waals surface area contributed by atoms with Crippen LogP contribution in [0.15, 0.2) is 77.1 Å². The molecule has 3 aromatic rings. The van der Waals surface area contributed by atoms with Crippen molar-refractivity contribution in [2.75, 3.05) is 0 Å². The minimum Gasteiger partial charge on any atom is -0.265 e. The molecule has 2 heterocycles. The van der Waals surface area contributed by atoms with Crippen LogP contribution in [0.2, 0.25) is 5.02 Å². The molecule has 2 aromatic carbocycles. The van der Waals surface area contributed by atoms with Crippen molar-refractivity contribution < 1.29 is 4.39 Å². The van der Waals surface area contributed by atoms with Crippen molar-refractivity contribution in [2.45, 2.75) is 0 Å².